The second-order valence-electron chi connectivity index (χ2n) is 3.03. The maximum absolute atomic E-state index is 13.0. The lowest BCUT2D eigenvalue weighted by atomic mass is 10.1. The van der Waals surface area contributed by atoms with Crippen molar-refractivity contribution in [1.82, 2.24) is 0 Å². The molecule has 1 aromatic carbocycles. The van der Waals surface area contributed by atoms with Gasteiger partial charge < -0.3 is 14.6 Å². The van der Waals surface area contributed by atoms with Crippen LogP contribution in [0, 0.1) is 0 Å². The zero-order valence-electron chi connectivity index (χ0n) is 8.96. The number of hydrogen-bond donors (Lipinski definition) is 1. The van der Waals surface area contributed by atoms with Crippen LogP contribution in [0.2, 0.25) is 0 Å². The number of benzene rings is 1. The van der Waals surface area contributed by atoms with Gasteiger partial charge in [-0.3, -0.25) is 0 Å². The summed E-state index contributed by atoms with van der Waals surface area (Å²) >= 11 is 4.84. The van der Waals surface area contributed by atoms with E-state index in [-0.39, 0.29) is 5.75 Å². The van der Waals surface area contributed by atoms with E-state index in [1.807, 2.05) is 0 Å². The number of ether oxygens (including phenoxy) is 2. The minimum absolute atomic E-state index is 0.130. The van der Waals surface area contributed by atoms with Gasteiger partial charge in [-0.05, 0) is 23.7 Å². The lowest BCUT2D eigenvalue weighted by molar-refractivity contribution is 0.0565. The molecule has 0 fully saturated rings. The van der Waals surface area contributed by atoms with Crippen molar-refractivity contribution in [3.05, 3.63) is 23.3 Å². The number of esters is 1. The van der Waals surface area contributed by atoms with Crippen LogP contribution < -0.4 is 4.74 Å². The summed E-state index contributed by atoms with van der Waals surface area (Å²) in [5.74, 6) is -2.00. The molecule has 0 spiro atoms. The summed E-state index contributed by atoms with van der Waals surface area (Å²) < 4.78 is 35.1. The highest BCUT2D eigenvalue weighted by molar-refractivity contribution is 6.22. The van der Waals surface area contributed by atoms with Crippen LogP contribution in [-0.4, -0.2) is 25.3 Å². The fourth-order valence-electron chi connectivity index (χ4n) is 1.28. The van der Waals surface area contributed by atoms with Gasteiger partial charge in [-0.2, -0.15) is 8.78 Å². The van der Waals surface area contributed by atoms with Crippen molar-refractivity contribution < 1.29 is 28.2 Å². The van der Waals surface area contributed by atoms with Gasteiger partial charge in [0.2, 0.25) is 0 Å². The van der Waals surface area contributed by atoms with Crippen molar-refractivity contribution in [2.45, 2.75) is 5.38 Å². The van der Waals surface area contributed by atoms with E-state index in [0.717, 1.165) is 19.2 Å². The van der Waals surface area contributed by atoms with Crippen LogP contribution in [0.3, 0.4) is 0 Å². The molecule has 1 aromatic rings. The molecule has 0 aliphatic heterocycles. The molecule has 1 rings (SSSR count). The minimum Gasteiger partial charge on any atom is -0.504 e. The smallest absolute Gasteiger partial charge is 0.349 e. The molecule has 0 amide bonds. The van der Waals surface area contributed by atoms with Gasteiger partial charge in [0.1, 0.15) is 5.56 Å². The third-order valence-electron chi connectivity index (χ3n) is 2.06. The van der Waals surface area contributed by atoms with Gasteiger partial charge in [-0.25, -0.2) is 4.79 Å². The van der Waals surface area contributed by atoms with Gasteiger partial charge >= 0.3 is 11.4 Å². The molecule has 0 saturated heterocycles. The summed E-state index contributed by atoms with van der Waals surface area (Å²) in [4.78, 5) is 11.3. The van der Waals surface area contributed by atoms with Crippen LogP contribution in [0.5, 0.6) is 11.5 Å². The molecule has 1 N–H and O–H groups in total. The van der Waals surface area contributed by atoms with Gasteiger partial charge in [0, 0.05) is 0 Å². The molecule has 0 atom stereocenters. The number of halogens is 3. The van der Waals surface area contributed by atoms with Gasteiger partial charge in [-0.15, -0.1) is 0 Å². The third kappa shape index (κ3) is 2.58. The van der Waals surface area contributed by atoms with Crippen LogP contribution in [0.15, 0.2) is 12.1 Å². The second-order valence-corrected chi connectivity index (χ2v) is 3.50. The van der Waals surface area contributed by atoms with Gasteiger partial charge in [-0.1, -0.05) is 0 Å². The number of carbonyl (C=O) groups is 1. The maximum atomic E-state index is 13.0. The van der Waals surface area contributed by atoms with Crippen LogP contribution >= 0.6 is 11.6 Å². The van der Waals surface area contributed by atoms with Crippen molar-refractivity contribution in [3.63, 3.8) is 0 Å². The summed E-state index contributed by atoms with van der Waals surface area (Å²) in [6, 6.07) is 1.96. The van der Waals surface area contributed by atoms with E-state index in [1.54, 1.807) is 0 Å². The van der Waals surface area contributed by atoms with Gasteiger partial charge in [0.05, 0.1) is 19.8 Å². The molecule has 0 aliphatic rings. The van der Waals surface area contributed by atoms with Crippen LogP contribution in [0.1, 0.15) is 15.9 Å². The number of phenolic OH excluding ortho intramolecular Hbond substituents is 1. The Hall–Kier alpha value is -1.56. The Morgan fingerprint density at radius 1 is 1.41 bits per heavy atom. The first kappa shape index (κ1) is 13.5. The summed E-state index contributed by atoms with van der Waals surface area (Å²) in [6.45, 7) is 0. The SMILES string of the molecule is COC(=O)c1c(C(F)(F)Cl)ccc(OC)c1O. The highest BCUT2D eigenvalue weighted by Crippen LogP contribution is 2.41. The molecule has 0 radical (unpaired) electrons. The summed E-state index contributed by atoms with van der Waals surface area (Å²) in [5.41, 5.74) is -1.56. The van der Waals surface area contributed by atoms with E-state index < -0.39 is 28.2 Å². The average Bonchev–Trinajstić information content (AvgIpc) is 2.26. The van der Waals surface area contributed by atoms with Crippen LogP contribution in [-0.2, 0) is 10.1 Å². The molecule has 94 valence electrons. The quantitative estimate of drug-likeness (QED) is 0.674. The molecule has 0 bridgehead atoms. The highest BCUT2D eigenvalue weighted by Gasteiger charge is 2.36. The van der Waals surface area contributed by atoms with E-state index in [0.29, 0.717) is 0 Å². The Balaban J connectivity index is 3.52. The standard InChI is InChI=1S/C10H9ClF2O4/c1-16-6-4-3-5(10(11,12)13)7(8(6)14)9(15)17-2/h3-4,14H,1-2H3. The van der Waals surface area contributed by atoms with Crippen molar-refractivity contribution in [2.75, 3.05) is 14.2 Å². The van der Waals surface area contributed by atoms with Gasteiger partial charge in [0.15, 0.2) is 11.5 Å². The normalized spacial score (nSPS) is 11.1. The third-order valence-corrected chi connectivity index (χ3v) is 2.26. The molecule has 17 heavy (non-hydrogen) atoms. The second kappa shape index (κ2) is 4.75. The fourth-order valence-corrected chi connectivity index (χ4v) is 1.44. The predicted molar refractivity (Wildman–Crippen MR) is 55.7 cm³/mol. The minimum atomic E-state index is -3.80. The van der Waals surface area contributed by atoms with E-state index >= 15 is 0 Å². The van der Waals surface area contributed by atoms with E-state index in [2.05, 4.69) is 4.74 Å². The summed E-state index contributed by atoms with van der Waals surface area (Å²) in [7, 11) is 2.21. The number of rotatable bonds is 3. The van der Waals surface area contributed by atoms with Crippen molar-refractivity contribution in [3.8, 4) is 11.5 Å². The largest absolute Gasteiger partial charge is 0.504 e. The lowest BCUT2D eigenvalue weighted by Crippen LogP contribution is -2.14. The molecule has 0 heterocycles. The number of aromatic hydroxyl groups is 1. The molecule has 0 unspecified atom stereocenters. The Morgan fingerprint density at radius 2 is 2.00 bits per heavy atom. The maximum Gasteiger partial charge on any atom is 0.349 e. The number of phenols is 1. The lowest BCUT2D eigenvalue weighted by Gasteiger charge is -2.15. The molecule has 0 saturated carbocycles. The molecule has 4 nitrogen and oxygen atoms in total. The van der Waals surface area contributed by atoms with E-state index in [9.17, 15) is 18.7 Å². The molecular weight excluding hydrogens is 258 g/mol. The highest BCUT2D eigenvalue weighted by atomic mass is 35.5. The van der Waals surface area contributed by atoms with E-state index in [4.69, 9.17) is 16.3 Å². The number of alkyl halides is 3. The number of carbonyl (C=O) groups excluding carboxylic acids is 1. The monoisotopic (exact) mass is 266 g/mol. The zero-order valence-corrected chi connectivity index (χ0v) is 9.72. The van der Waals surface area contributed by atoms with Crippen molar-refractivity contribution >= 4 is 17.6 Å². The number of methoxy groups -OCH3 is 2. The Bertz CT molecular complexity index is 443. The van der Waals surface area contributed by atoms with Crippen molar-refractivity contribution in [2.24, 2.45) is 0 Å². The number of hydrogen-bond acceptors (Lipinski definition) is 4. The van der Waals surface area contributed by atoms with Crippen LogP contribution in [0.4, 0.5) is 8.78 Å². The molecule has 7 heteroatoms. The Labute approximate surface area is 101 Å². The first-order valence-electron chi connectivity index (χ1n) is 4.38. The average molecular weight is 267 g/mol. The fraction of sp³-hybridized carbons (Fsp3) is 0.300. The van der Waals surface area contributed by atoms with Gasteiger partial charge in [0.25, 0.3) is 0 Å². The molecular formula is C10H9ClF2O4. The summed E-state index contributed by atoms with van der Waals surface area (Å²) in [6.07, 6.45) is 0. The predicted octanol–water partition coefficient (Wildman–Crippen LogP) is 2.48. The zero-order chi connectivity index (χ0) is 13.2. The molecule has 0 aromatic heterocycles. The van der Waals surface area contributed by atoms with Crippen LogP contribution in [0.25, 0.3) is 0 Å². The topological polar surface area (TPSA) is 55.8 Å². The molecule has 0 aliphatic carbocycles. The van der Waals surface area contributed by atoms with Crippen molar-refractivity contribution in [1.29, 1.82) is 0 Å². The Kier molecular flexibility index (Phi) is 3.77. The first-order valence-corrected chi connectivity index (χ1v) is 4.76. The van der Waals surface area contributed by atoms with E-state index in [1.165, 1.54) is 7.11 Å². The summed E-state index contributed by atoms with van der Waals surface area (Å²) in [5, 5.41) is 5.82. The Morgan fingerprint density at radius 3 is 2.41 bits per heavy atom. The first-order chi connectivity index (χ1) is 7.82.